The molecule has 0 unspecified atom stereocenters. The van der Waals surface area contributed by atoms with Crippen LogP contribution in [0, 0.1) is 0 Å². The van der Waals surface area contributed by atoms with Crippen molar-refractivity contribution in [2.75, 3.05) is 0 Å². The summed E-state index contributed by atoms with van der Waals surface area (Å²) in [4.78, 5) is 11.4. The van der Waals surface area contributed by atoms with Crippen LogP contribution in [0.15, 0.2) is 18.2 Å². The molecule has 0 aliphatic carbocycles. The Bertz CT molecular complexity index is 583. The van der Waals surface area contributed by atoms with Gasteiger partial charge in [-0.15, -0.1) is 0 Å². The quantitative estimate of drug-likeness (QED) is 0.853. The minimum absolute atomic E-state index is 0.270. The predicted molar refractivity (Wildman–Crippen MR) is 87.8 cm³/mol. The highest BCUT2D eigenvalue weighted by Gasteiger charge is 2.51. The van der Waals surface area contributed by atoms with E-state index in [4.69, 9.17) is 9.31 Å². The van der Waals surface area contributed by atoms with Crippen molar-refractivity contribution in [2.45, 2.75) is 65.1 Å². The molecule has 120 valence electrons. The zero-order valence-corrected chi connectivity index (χ0v) is 14.5. The highest BCUT2D eigenvalue weighted by molar-refractivity contribution is 6.62. The molecule has 1 saturated heterocycles. The van der Waals surface area contributed by atoms with Gasteiger partial charge in [0.05, 0.1) is 16.8 Å². The summed E-state index contributed by atoms with van der Waals surface area (Å²) in [5, 5.41) is 9.39. The average molecular weight is 304 g/mol. The fraction of sp³-hybridized carbons (Fsp3) is 0.588. The summed E-state index contributed by atoms with van der Waals surface area (Å²) in [6, 6.07) is 5.32. The van der Waals surface area contributed by atoms with E-state index in [9.17, 15) is 9.90 Å². The van der Waals surface area contributed by atoms with Crippen LogP contribution in [-0.4, -0.2) is 29.4 Å². The Morgan fingerprint density at radius 2 is 1.59 bits per heavy atom. The normalized spacial score (nSPS) is 20.2. The molecule has 0 bridgehead atoms. The summed E-state index contributed by atoms with van der Waals surface area (Å²) >= 11 is 0. The molecule has 0 saturated carbocycles. The second kappa shape index (κ2) is 5.10. The molecule has 1 aromatic carbocycles. The third-order valence-electron chi connectivity index (χ3n) is 4.61. The van der Waals surface area contributed by atoms with Crippen LogP contribution in [0.2, 0.25) is 0 Å². The standard InChI is InChI=1S/C17H25BO4/c1-15(2,3)13-10-11(8-9-12(13)14(19)20)18-21-16(4,5)17(6,7)22-18/h8-10H,1-7H3,(H,19,20). The molecule has 1 aliphatic heterocycles. The summed E-state index contributed by atoms with van der Waals surface area (Å²) in [6.07, 6.45) is 0. The maximum Gasteiger partial charge on any atom is 0.494 e. The van der Waals surface area contributed by atoms with Crippen LogP contribution in [0.4, 0.5) is 0 Å². The van der Waals surface area contributed by atoms with E-state index < -0.39 is 24.3 Å². The van der Waals surface area contributed by atoms with E-state index in [1.807, 2.05) is 54.5 Å². The van der Waals surface area contributed by atoms with Crippen LogP contribution in [-0.2, 0) is 14.7 Å². The van der Waals surface area contributed by atoms with Gasteiger partial charge in [-0.3, -0.25) is 0 Å². The van der Waals surface area contributed by atoms with Crippen molar-refractivity contribution in [1.82, 2.24) is 0 Å². The third-order valence-corrected chi connectivity index (χ3v) is 4.61. The largest absolute Gasteiger partial charge is 0.494 e. The average Bonchev–Trinajstić information content (AvgIpc) is 2.56. The topological polar surface area (TPSA) is 55.8 Å². The van der Waals surface area contributed by atoms with E-state index >= 15 is 0 Å². The molecule has 0 amide bonds. The molecule has 4 nitrogen and oxygen atoms in total. The summed E-state index contributed by atoms with van der Waals surface area (Å²) in [5.74, 6) is -0.912. The lowest BCUT2D eigenvalue weighted by molar-refractivity contribution is 0.00578. The van der Waals surface area contributed by atoms with Crippen molar-refractivity contribution in [3.8, 4) is 0 Å². The highest BCUT2D eigenvalue weighted by atomic mass is 16.7. The van der Waals surface area contributed by atoms with Crippen LogP contribution in [0.1, 0.15) is 64.4 Å². The number of rotatable bonds is 2. The molecule has 5 heteroatoms. The van der Waals surface area contributed by atoms with Gasteiger partial charge in [0.1, 0.15) is 0 Å². The fourth-order valence-corrected chi connectivity index (χ4v) is 2.49. The van der Waals surface area contributed by atoms with Crippen molar-refractivity contribution in [2.24, 2.45) is 0 Å². The molecule has 1 N–H and O–H groups in total. The lowest BCUT2D eigenvalue weighted by atomic mass is 9.74. The first-order valence-electron chi connectivity index (χ1n) is 7.58. The summed E-state index contributed by atoms with van der Waals surface area (Å²) in [6.45, 7) is 14.0. The van der Waals surface area contributed by atoms with Crippen molar-refractivity contribution in [1.29, 1.82) is 0 Å². The maximum absolute atomic E-state index is 11.4. The van der Waals surface area contributed by atoms with Gasteiger partial charge in [0.2, 0.25) is 0 Å². The molecule has 22 heavy (non-hydrogen) atoms. The molecule has 2 rings (SSSR count). The first-order chi connectivity index (χ1) is 9.85. The Balaban J connectivity index is 2.45. The molecule has 1 aromatic rings. The van der Waals surface area contributed by atoms with E-state index in [1.165, 1.54) is 0 Å². The summed E-state index contributed by atoms with van der Waals surface area (Å²) in [7, 11) is -0.478. The minimum atomic E-state index is -0.912. The van der Waals surface area contributed by atoms with Crippen molar-refractivity contribution in [3.63, 3.8) is 0 Å². The molecule has 1 aliphatic rings. The van der Waals surface area contributed by atoms with Gasteiger partial charge >= 0.3 is 13.1 Å². The number of benzene rings is 1. The second-order valence-electron chi connectivity index (χ2n) is 7.95. The number of carboxylic acids is 1. The number of carboxylic acid groups (broad SMARTS) is 1. The molecule has 1 fully saturated rings. The van der Waals surface area contributed by atoms with E-state index in [-0.39, 0.29) is 5.41 Å². The molecule has 0 spiro atoms. The van der Waals surface area contributed by atoms with E-state index in [2.05, 4.69) is 0 Å². The Labute approximate surface area is 133 Å². The Morgan fingerprint density at radius 3 is 2.00 bits per heavy atom. The van der Waals surface area contributed by atoms with Gasteiger partial charge in [-0.2, -0.15) is 0 Å². The monoisotopic (exact) mass is 304 g/mol. The lowest BCUT2D eigenvalue weighted by Crippen LogP contribution is -2.41. The number of hydrogen-bond donors (Lipinski definition) is 1. The van der Waals surface area contributed by atoms with Crippen molar-refractivity contribution < 1.29 is 19.2 Å². The first-order valence-corrected chi connectivity index (χ1v) is 7.58. The van der Waals surface area contributed by atoms with Crippen molar-refractivity contribution >= 4 is 18.6 Å². The minimum Gasteiger partial charge on any atom is -0.478 e. The predicted octanol–water partition coefficient (Wildman–Crippen LogP) is 2.98. The summed E-state index contributed by atoms with van der Waals surface area (Å²) < 4.78 is 12.1. The number of carbonyl (C=O) groups is 1. The van der Waals surface area contributed by atoms with Crippen LogP contribution in [0.3, 0.4) is 0 Å². The fourth-order valence-electron chi connectivity index (χ4n) is 2.49. The molecular weight excluding hydrogens is 279 g/mol. The van der Waals surface area contributed by atoms with Crippen LogP contribution in [0.5, 0.6) is 0 Å². The Kier molecular flexibility index (Phi) is 3.95. The molecule has 0 radical (unpaired) electrons. The van der Waals surface area contributed by atoms with E-state index in [1.54, 1.807) is 12.1 Å². The van der Waals surface area contributed by atoms with Gasteiger partial charge in [-0.25, -0.2) is 4.79 Å². The number of hydrogen-bond acceptors (Lipinski definition) is 3. The molecule has 0 atom stereocenters. The van der Waals surface area contributed by atoms with Crippen LogP contribution < -0.4 is 5.46 Å². The maximum atomic E-state index is 11.4. The molecular formula is C17H25BO4. The van der Waals surface area contributed by atoms with E-state index in [0.29, 0.717) is 5.56 Å². The zero-order chi connectivity index (χ0) is 16.9. The van der Waals surface area contributed by atoms with Crippen molar-refractivity contribution in [3.05, 3.63) is 29.3 Å². The molecule has 0 aromatic heterocycles. The van der Waals surface area contributed by atoms with Gasteiger partial charge in [0.25, 0.3) is 0 Å². The highest BCUT2D eigenvalue weighted by Crippen LogP contribution is 2.37. The molecule has 1 heterocycles. The van der Waals surface area contributed by atoms with Gasteiger partial charge in [-0.1, -0.05) is 32.9 Å². The van der Waals surface area contributed by atoms with Gasteiger partial charge in [-0.05, 0) is 50.2 Å². The van der Waals surface area contributed by atoms with Gasteiger partial charge < -0.3 is 14.4 Å². The first kappa shape index (κ1) is 17.0. The SMILES string of the molecule is CC(C)(C)c1cc(B2OC(C)(C)C(C)(C)O2)ccc1C(=O)O. The Morgan fingerprint density at radius 1 is 1.09 bits per heavy atom. The van der Waals surface area contributed by atoms with Crippen LogP contribution >= 0.6 is 0 Å². The zero-order valence-electron chi connectivity index (χ0n) is 14.5. The summed E-state index contributed by atoms with van der Waals surface area (Å²) in [5.41, 5.74) is 0.872. The van der Waals surface area contributed by atoms with Gasteiger partial charge in [0, 0.05) is 0 Å². The smallest absolute Gasteiger partial charge is 0.478 e. The van der Waals surface area contributed by atoms with Gasteiger partial charge in [0.15, 0.2) is 0 Å². The Hall–Kier alpha value is -1.33. The van der Waals surface area contributed by atoms with Crippen LogP contribution in [0.25, 0.3) is 0 Å². The third kappa shape index (κ3) is 2.92. The van der Waals surface area contributed by atoms with E-state index in [0.717, 1.165) is 11.0 Å². The number of aromatic carboxylic acids is 1. The lowest BCUT2D eigenvalue weighted by Gasteiger charge is -2.32. The second-order valence-corrected chi connectivity index (χ2v) is 7.95.